The van der Waals surface area contributed by atoms with Crippen LogP contribution in [0.1, 0.15) is 42.5 Å². The molecule has 1 amide bonds. The molecule has 19 heavy (non-hydrogen) atoms. The minimum absolute atomic E-state index is 0.0800. The predicted molar refractivity (Wildman–Crippen MR) is 74.1 cm³/mol. The molecule has 1 aliphatic rings. The topological polar surface area (TPSA) is 58.1 Å². The number of hydrogen-bond donors (Lipinski definition) is 1. The number of aromatic nitrogens is 2. The highest BCUT2D eigenvalue weighted by atomic mass is 16.2. The van der Waals surface area contributed by atoms with Crippen LogP contribution in [0.5, 0.6) is 0 Å². The molecule has 0 saturated carbocycles. The van der Waals surface area contributed by atoms with Crippen LogP contribution >= 0.6 is 0 Å². The summed E-state index contributed by atoms with van der Waals surface area (Å²) in [5.41, 5.74) is 2.28. The second kappa shape index (κ2) is 5.65. The van der Waals surface area contributed by atoms with E-state index in [1.54, 1.807) is 0 Å². The Hall–Kier alpha value is -1.49. The number of rotatable bonds is 2. The lowest BCUT2D eigenvalue weighted by Crippen LogP contribution is -2.57. The van der Waals surface area contributed by atoms with Gasteiger partial charge in [0.2, 0.25) is 0 Å². The van der Waals surface area contributed by atoms with Crippen LogP contribution in [0.15, 0.2) is 6.07 Å². The summed E-state index contributed by atoms with van der Waals surface area (Å²) in [7, 11) is 0. The number of hydrogen-bond acceptors (Lipinski definition) is 4. The Morgan fingerprint density at radius 1 is 1.37 bits per heavy atom. The number of aryl methyl sites for hydroxylation is 2. The van der Waals surface area contributed by atoms with Gasteiger partial charge in [-0.2, -0.15) is 10.2 Å². The van der Waals surface area contributed by atoms with Gasteiger partial charge < -0.3 is 10.2 Å². The first-order valence-electron chi connectivity index (χ1n) is 6.91. The van der Waals surface area contributed by atoms with E-state index < -0.39 is 0 Å². The highest BCUT2D eigenvalue weighted by Gasteiger charge is 2.30. The highest BCUT2D eigenvalue weighted by molar-refractivity contribution is 5.95. The molecule has 1 aromatic rings. The van der Waals surface area contributed by atoms with Gasteiger partial charge in [-0.15, -0.1) is 0 Å². The maximum absolute atomic E-state index is 12.8. The molecular formula is C14H22N4O. The lowest BCUT2D eigenvalue weighted by molar-refractivity contribution is 0.0542. The fourth-order valence-corrected chi connectivity index (χ4v) is 2.63. The summed E-state index contributed by atoms with van der Waals surface area (Å²) in [5.74, 6) is 0.0800. The van der Waals surface area contributed by atoms with Gasteiger partial charge in [-0.25, -0.2) is 0 Å². The van der Waals surface area contributed by atoms with Crippen molar-refractivity contribution >= 4 is 5.91 Å². The Labute approximate surface area is 114 Å². The second-order valence-corrected chi connectivity index (χ2v) is 5.27. The van der Waals surface area contributed by atoms with E-state index in [1.807, 2.05) is 24.8 Å². The van der Waals surface area contributed by atoms with Crippen molar-refractivity contribution in [3.05, 3.63) is 23.0 Å². The van der Waals surface area contributed by atoms with Gasteiger partial charge in [-0.3, -0.25) is 4.79 Å². The van der Waals surface area contributed by atoms with Crippen LogP contribution in [0.3, 0.4) is 0 Å². The summed E-state index contributed by atoms with van der Waals surface area (Å²) in [6.07, 6.45) is 0.725. The van der Waals surface area contributed by atoms with Crippen LogP contribution < -0.4 is 5.32 Å². The standard InChI is InChI=1S/C14H22N4O/c1-5-13-12(6-9(2)16-17-13)14(19)18-10(3)7-15-8-11(18)4/h6,10-11,15H,5,7-8H2,1-4H3. The average Bonchev–Trinajstić information content (AvgIpc) is 2.38. The normalized spacial score (nSPS) is 23.5. The summed E-state index contributed by atoms with van der Waals surface area (Å²) >= 11 is 0. The minimum atomic E-state index is 0.0800. The molecule has 2 unspecified atom stereocenters. The molecule has 1 saturated heterocycles. The molecule has 0 bridgehead atoms. The first-order chi connectivity index (χ1) is 9.04. The maximum atomic E-state index is 12.8. The van der Waals surface area contributed by atoms with Crippen molar-refractivity contribution < 1.29 is 4.79 Å². The van der Waals surface area contributed by atoms with Crippen molar-refractivity contribution in [3.8, 4) is 0 Å². The van der Waals surface area contributed by atoms with Crippen LogP contribution in [-0.4, -0.2) is 46.2 Å². The molecule has 0 radical (unpaired) electrons. The summed E-state index contributed by atoms with van der Waals surface area (Å²) in [6, 6.07) is 2.26. The molecular weight excluding hydrogens is 240 g/mol. The van der Waals surface area contributed by atoms with Crippen LogP contribution in [0.2, 0.25) is 0 Å². The Balaban J connectivity index is 2.35. The monoisotopic (exact) mass is 262 g/mol. The van der Waals surface area contributed by atoms with Crippen LogP contribution in [0.4, 0.5) is 0 Å². The van der Waals surface area contributed by atoms with Gasteiger partial charge in [-0.05, 0) is 33.3 Å². The Morgan fingerprint density at radius 3 is 2.58 bits per heavy atom. The van der Waals surface area contributed by atoms with E-state index in [0.29, 0.717) is 5.56 Å². The van der Waals surface area contributed by atoms with E-state index in [0.717, 1.165) is 30.9 Å². The highest BCUT2D eigenvalue weighted by Crippen LogP contribution is 2.17. The summed E-state index contributed by atoms with van der Waals surface area (Å²) < 4.78 is 0. The van der Waals surface area contributed by atoms with E-state index in [4.69, 9.17) is 0 Å². The number of nitrogens with zero attached hydrogens (tertiary/aromatic N) is 3. The van der Waals surface area contributed by atoms with Gasteiger partial charge in [0.15, 0.2) is 0 Å². The Bertz CT molecular complexity index is 465. The van der Waals surface area contributed by atoms with E-state index >= 15 is 0 Å². The van der Waals surface area contributed by atoms with Crippen molar-refractivity contribution in [1.82, 2.24) is 20.4 Å². The maximum Gasteiger partial charge on any atom is 0.256 e. The smallest absolute Gasteiger partial charge is 0.256 e. The molecule has 2 heterocycles. The number of piperazine rings is 1. The first-order valence-corrected chi connectivity index (χ1v) is 6.91. The van der Waals surface area contributed by atoms with E-state index in [9.17, 15) is 4.79 Å². The van der Waals surface area contributed by atoms with Crippen molar-refractivity contribution in [2.75, 3.05) is 13.1 Å². The molecule has 1 N–H and O–H groups in total. The molecule has 0 spiro atoms. The summed E-state index contributed by atoms with van der Waals surface area (Å²) in [6.45, 7) is 9.71. The van der Waals surface area contributed by atoms with Gasteiger partial charge in [-0.1, -0.05) is 6.92 Å². The third-order valence-corrected chi connectivity index (χ3v) is 3.62. The van der Waals surface area contributed by atoms with Crippen LogP contribution in [0.25, 0.3) is 0 Å². The van der Waals surface area contributed by atoms with Gasteiger partial charge in [0.05, 0.1) is 17.0 Å². The fourth-order valence-electron chi connectivity index (χ4n) is 2.63. The van der Waals surface area contributed by atoms with Crippen LogP contribution in [-0.2, 0) is 6.42 Å². The second-order valence-electron chi connectivity index (χ2n) is 5.27. The van der Waals surface area contributed by atoms with Gasteiger partial charge in [0.1, 0.15) is 0 Å². The molecule has 104 valence electrons. The van der Waals surface area contributed by atoms with E-state index in [2.05, 4.69) is 29.4 Å². The fraction of sp³-hybridized carbons (Fsp3) is 0.643. The lowest BCUT2D eigenvalue weighted by atomic mass is 10.0. The van der Waals surface area contributed by atoms with Gasteiger partial charge >= 0.3 is 0 Å². The lowest BCUT2D eigenvalue weighted by Gasteiger charge is -2.39. The van der Waals surface area contributed by atoms with Crippen LogP contribution in [0, 0.1) is 6.92 Å². The largest absolute Gasteiger partial charge is 0.331 e. The zero-order valence-electron chi connectivity index (χ0n) is 12.1. The molecule has 1 aliphatic heterocycles. The summed E-state index contributed by atoms with van der Waals surface area (Å²) in [4.78, 5) is 14.7. The zero-order chi connectivity index (χ0) is 14.0. The predicted octanol–water partition coefficient (Wildman–Crippen LogP) is 1.17. The van der Waals surface area contributed by atoms with Gasteiger partial charge in [0, 0.05) is 25.2 Å². The zero-order valence-corrected chi connectivity index (χ0v) is 12.1. The van der Waals surface area contributed by atoms with Crippen molar-refractivity contribution in [2.45, 2.75) is 46.2 Å². The number of carbonyl (C=O) groups excluding carboxylic acids is 1. The average molecular weight is 262 g/mol. The van der Waals surface area contributed by atoms with Crippen molar-refractivity contribution in [2.24, 2.45) is 0 Å². The third kappa shape index (κ3) is 2.76. The van der Waals surface area contributed by atoms with Crippen molar-refractivity contribution in [3.63, 3.8) is 0 Å². The molecule has 5 nitrogen and oxygen atoms in total. The molecule has 1 fully saturated rings. The Kier molecular flexibility index (Phi) is 4.14. The number of carbonyl (C=O) groups is 1. The summed E-state index contributed by atoms with van der Waals surface area (Å²) in [5, 5.41) is 11.5. The molecule has 1 aromatic heterocycles. The van der Waals surface area contributed by atoms with E-state index in [1.165, 1.54) is 0 Å². The third-order valence-electron chi connectivity index (χ3n) is 3.62. The number of nitrogens with one attached hydrogen (secondary N) is 1. The quantitative estimate of drug-likeness (QED) is 0.869. The van der Waals surface area contributed by atoms with E-state index in [-0.39, 0.29) is 18.0 Å². The SMILES string of the molecule is CCc1nnc(C)cc1C(=O)N1C(C)CNCC1C. The molecule has 2 atom stereocenters. The Morgan fingerprint density at radius 2 is 2.00 bits per heavy atom. The minimum Gasteiger partial charge on any atom is -0.331 e. The first kappa shape index (κ1) is 13.9. The molecule has 0 aromatic carbocycles. The van der Waals surface area contributed by atoms with Crippen molar-refractivity contribution in [1.29, 1.82) is 0 Å². The molecule has 0 aliphatic carbocycles. The van der Waals surface area contributed by atoms with Gasteiger partial charge in [0.25, 0.3) is 5.91 Å². The number of amides is 1. The molecule has 2 rings (SSSR count). The molecule has 5 heteroatoms.